The Labute approximate surface area is 300 Å². The third kappa shape index (κ3) is 5.36. The van der Waals surface area contributed by atoms with E-state index in [2.05, 4.69) is 195 Å². The molecule has 2 nitrogen and oxygen atoms in total. The first-order valence-corrected chi connectivity index (χ1v) is 17.9. The van der Waals surface area contributed by atoms with Crippen LogP contribution in [0.4, 0.5) is 17.1 Å². The molecule has 0 saturated heterocycles. The Kier molecular flexibility index (Phi) is 7.66. The Morgan fingerprint density at radius 1 is 0.549 bits per heavy atom. The second-order valence-corrected chi connectivity index (χ2v) is 14.0. The van der Waals surface area contributed by atoms with E-state index in [1.165, 1.54) is 55.3 Å². The van der Waals surface area contributed by atoms with Gasteiger partial charge in [0, 0.05) is 22.4 Å². The molecule has 0 saturated carbocycles. The smallest absolute Gasteiger partial charge is 0.151 e. The van der Waals surface area contributed by atoms with E-state index >= 15 is 0 Å². The quantitative estimate of drug-likeness (QED) is 0.169. The number of rotatable bonds is 7. The molecule has 9 rings (SSSR count). The maximum absolute atomic E-state index is 7.30. The molecular formula is C49H39NO. The maximum atomic E-state index is 7.30. The van der Waals surface area contributed by atoms with Crippen molar-refractivity contribution in [3.63, 3.8) is 0 Å². The van der Waals surface area contributed by atoms with E-state index in [0.29, 0.717) is 0 Å². The van der Waals surface area contributed by atoms with Crippen molar-refractivity contribution in [1.29, 1.82) is 0 Å². The maximum Gasteiger partial charge on any atom is 0.151 e. The van der Waals surface area contributed by atoms with Gasteiger partial charge in [-0.05, 0) is 99.5 Å². The Balaban J connectivity index is 1.22. The van der Waals surface area contributed by atoms with Crippen LogP contribution in [0.3, 0.4) is 0 Å². The Hall–Kier alpha value is -6.12. The van der Waals surface area contributed by atoms with E-state index in [0.717, 1.165) is 41.4 Å². The van der Waals surface area contributed by atoms with Gasteiger partial charge < -0.3 is 9.64 Å². The zero-order valence-corrected chi connectivity index (χ0v) is 29.0. The van der Waals surface area contributed by atoms with Crippen molar-refractivity contribution in [3.8, 4) is 22.6 Å². The van der Waals surface area contributed by atoms with E-state index in [9.17, 15) is 0 Å². The first-order chi connectivity index (χ1) is 25.1. The van der Waals surface area contributed by atoms with Gasteiger partial charge in [-0.15, -0.1) is 0 Å². The molecule has 2 aliphatic carbocycles. The monoisotopic (exact) mass is 657 g/mol. The molecule has 7 aromatic rings. The van der Waals surface area contributed by atoms with E-state index in [1.54, 1.807) is 0 Å². The van der Waals surface area contributed by atoms with Crippen molar-refractivity contribution < 1.29 is 4.74 Å². The lowest BCUT2D eigenvalue weighted by molar-refractivity contribution is 0.481. The summed E-state index contributed by atoms with van der Waals surface area (Å²) >= 11 is 0. The molecule has 0 bridgehead atoms. The van der Waals surface area contributed by atoms with Crippen molar-refractivity contribution >= 4 is 39.0 Å². The molecule has 0 amide bonds. The molecule has 2 heteroatoms. The summed E-state index contributed by atoms with van der Waals surface area (Å²) in [7, 11) is 0. The van der Waals surface area contributed by atoms with E-state index in [4.69, 9.17) is 4.74 Å². The van der Waals surface area contributed by atoms with Gasteiger partial charge in [0.1, 0.15) is 5.75 Å². The molecular weight excluding hydrogens is 619 g/mol. The van der Waals surface area contributed by atoms with Gasteiger partial charge in [0.25, 0.3) is 0 Å². The summed E-state index contributed by atoms with van der Waals surface area (Å²) in [5, 5.41) is 2.49. The van der Waals surface area contributed by atoms with Crippen LogP contribution in [0.1, 0.15) is 43.4 Å². The van der Waals surface area contributed by atoms with Gasteiger partial charge in [-0.1, -0.05) is 153 Å². The highest BCUT2D eigenvalue weighted by molar-refractivity contribution is 6.14. The van der Waals surface area contributed by atoms with Gasteiger partial charge in [-0.2, -0.15) is 0 Å². The lowest BCUT2D eigenvalue weighted by Crippen LogP contribution is -2.18. The fourth-order valence-corrected chi connectivity index (χ4v) is 8.28. The average Bonchev–Trinajstić information content (AvgIpc) is 3.44. The second-order valence-electron chi connectivity index (χ2n) is 14.0. The van der Waals surface area contributed by atoms with Crippen molar-refractivity contribution in [2.24, 2.45) is 0 Å². The van der Waals surface area contributed by atoms with E-state index in [-0.39, 0.29) is 5.41 Å². The van der Waals surface area contributed by atoms with Crippen LogP contribution in [0.15, 0.2) is 182 Å². The highest BCUT2D eigenvalue weighted by Gasteiger charge is 2.43. The number of benzene rings is 7. The molecule has 51 heavy (non-hydrogen) atoms. The lowest BCUT2D eigenvalue weighted by atomic mass is 9.76. The van der Waals surface area contributed by atoms with E-state index < -0.39 is 0 Å². The van der Waals surface area contributed by atoms with Crippen LogP contribution in [0.25, 0.3) is 33.0 Å². The molecule has 0 fully saturated rings. The topological polar surface area (TPSA) is 12.5 Å². The Morgan fingerprint density at radius 2 is 1.14 bits per heavy atom. The SMILES string of the molecule is CC1(C)C2=C(C(c3ccccc3)=CCC2)c2c(Oc3ccccc3N(c3ccccc3)c3ccc(-c4ccccc4)cc3)cc3ccccc3c21. The second kappa shape index (κ2) is 12.6. The van der Waals surface area contributed by atoms with Crippen LogP contribution in [-0.2, 0) is 5.41 Å². The molecule has 0 unspecified atom stereocenters. The van der Waals surface area contributed by atoms with Crippen molar-refractivity contribution in [3.05, 3.63) is 198 Å². The third-order valence-corrected chi connectivity index (χ3v) is 10.6. The van der Waals surface area contributed by atoms with Gasteiger partial charge in [0.05, 0.1) is 5.69 Å². The van der Waals surface area contributed by atoms with Gasteiger partial charge in [-0.25, -0.2) is 0 Å². The minimum atomic E-state index is -0.145. The molecule has 0 atom stereocenters. The summed E-state index contributed by atoms with van der Waals surface area (Å²) in [5.74, 6) is 1.70. The van der Waals surface area contributed by atoms with Gasteiger partial charge >= 0.3 is 0 Å². The van der Waals surface area contributed by atoms with E-state index in [1.807, 2.05) is 0 Å². The standard InChI is InChI=1S/C49H39NO/c1-49(2)42-26-16-25-40(36-19-8-4-9-20-36)46(42)47-45(33-37-21-12-13-24-41(37)48(47)49)51-44-28-15-14-27-43(44)50(38-22-10-5-11-23-38)39-31-29-35(30-32-39)34-17-6-3-7-18-34/h3-15,17-25,27-33H,16,26H2,1-2H3. The molecule has 2 aliphatic rings. The predicted molar refractivity (Wildman–Crippen MR) is 214 cm³/mol. The largest absolute Gasteiger partial charge is 0.454 e. The highest BCUT2D eigenvalue weighted by atomic mass is 16.5. The molecule has 0 spiro atoms. The number of allylic oxidation sites excluding steroid dienone is 4. The summed E-state index contributed by atoms with van der Waals surface area (Å²) in [6.45, 7) is 4.81. The lowest BCUT2D eigenvalue weighted by Gasteiger charge is -2.28. The van der Waals surface area contributed by atoms with Crippen molar-refractivity contribution in [2.45, 2.75) is 32.1 Å². The van der Waals surface area contributed by atoms with Crippen molar-refractivity contribution in [1.82, 2.24) is 0 Å². The van der Waals surface area contributed by atoms with Gasteiger partial charge in [0.2, 0.25) is 0 Å². The Bertz CT molecular complexity index is 2440. The van der Waals surface area contributed by atoms with Crippen LogP contribution in [0.2, 0.25) is 0 Å². The summed E-state index contributed by atoms with van der Waals surface area (Å²) in [4.78, 5) is 2.30. The molecule has 246 valence electrons. The van der Waals surface area contributed by atoms with Gasteiger partial charge in [-0.3, -0.25) is 0 Å². The van der Waals surface area contributed by atoms with Crippen LogP contribution < -0.4 is 9.64 Å². The summed E-state index contributed by atoms with van der Waals surface area (Å²) in [6.07, 6.45) is 4.51. The summed E-state index contributed by atoms with van der Waals surface area (Å²) in [5.41, 5.74) is 13.3. The highest BCUT2D eigenvalue weighted by Crippen LogP contribution is 2.59. The number of hydrogen-bond acceptors (Lipinski definition) is 2. The van der Waals surface area contributed by atoms with Crippen LogP contribution in [0.5, 0.6) is 11.5 Å². The van der Waals surface area contributed by atoms with Crippen LogP contribution >= 0.6 is 0 Å². The molecule has 0 heterocycles. The molecule has 0 radical (unpaired) electrons. The van der Waals surface area contributed by atoms with Crippen LogP contribution in [0, 0.1) is 0 Å². The number of ether oxygens (including phenoxy) is 1. The van der Waals surface area contributed by atoms with Crippen LogP contribution in [-0.4, -0.2) is 0 Å². The Morgan fingerprint density at radius 3 is 1.88 bits per heavy atom. The number of anilines is 3. The van der Waals surface area contributed by atoms with Gasteiger partial charge in [0.15, 0.2) is 5.75 Å². The molecule has 0 aliphatic heterocycles. The number of para-hydroxylation sites is 3. The third-order valence-electron chi connectivity index (χ3n) is 10.6. The number of fused-ring (bicyclic) bond motifs is 4. The number of nitrogens with zero attached hydrogens (tertiary/aromatic N) is 1. The normalized spacial score (nSPS) is 14.5. The zero-order valence-electron chi connectivity index (χ0n) is 29.0. The minimum Gasteiger partial charge on any atom is -0.454 e. The summed E-state index contributed by atoms with van der Waals surface area (Å²) in [6, 6.07) is 60.3. The molecule has 7 aromatic carbocycles. The summed E-state index contributed by atoms with van der Waals surface area (Å²) < 4.78 is 7.30. The molecule has 0 aromatic heterocycles. The average molecular weight is 658 g/mol. The minimum absolute atomic E-state index is 0.145. The predicted octanol–water partition coefficient (Wildman–Crippen LogP) is 13.7. The van der Waals surface area contributed by atoms with Crippen molar-refractivity contribution in [2.75, 3.05) is 4.90 Å². The fraction of sp³-hybridized carbons (Fsp3) is 0.102. The number of hydrogen-bond donors (Lipinski definition) is 0. The molecule has 0 N–H and O–H groups in total. The fourth-order valence-electron chi connectivity index (χ4n) is 8.28. The first kappa shape index (κ1) is 30.9. The zero-order chi connectivity index (χ0) is 34.4. The first-order valence-electron chi connectivity index (χ1n) is 17.9.